The minimum Gasteiger partial charge on any atom is -0.354 e. The summed E-state index contributed by atoms with van der Waals surface area (Å²) in [5.74, 6) is -0.554. The number of halogens is 1. The predicted octanol–water partition coefficient (Wildman–Crippen LogP) is 2.58. The maximum Gasteiger partial charge on any atom is 0.224 e. The van der Waals surface area contributed by atoms with E-state index in [2.05, 4.69) is 5.32 Å². The summed E-state index contributed by atoms with van der Waals surface area (Å²) in [4.78, 5) is 25.4. The number of hydrogen-bond donors (Lipinski definition) is 1. The van der Waals surface area contributed by atoms with Crippen LogP contribution in [0.3, 0.4) is 0 Å². The third kappa shape index (κ3) is 6.75. The number of rotatable bonds is 8. The van der Waals surface area contributed by atoms with Crippen molar-refractivity contribution in [1.82, 2.24) is 10.2 Å². The van der Waals surface area contributed by atoms with Crippen LogP contribution in [0, 0.1) is 5.82 Å². The SMILES string of the molecule is CC(=O)N(CCNC(=O)Cc1cccc(F)c1)CCc1ccccc1. The molecule has 0 spiro atoms. The van der Waals surface area contributed by atoms with Crippen molar-refractivity contribution in [2.75, 3.05) is 19.6 Å². The summed E-state index contributed by atoms with van der Waals surface area (Å²) in [5.41, 5.74) is 1.80. The van der Waals surface area contributed by atoms with E-state index in [1.807, 2.05) is 30.3 Å². The van der Waals surface area contributed by atoms with Crippen LogP contribution in [-0.2, 0) is 22.4 Å². The lowest BCUT2D eigenvalue weighted by molar-refractivity contribution is -0.129. The Kier molecular flexibility index (Phi) is 7.14. The monoisotopic (exact) mass is 342 g/mol. The van der Waals surface area contributed by atoms with Crippen LogP contribution in [0.1, 0.15) is 18.1 Å². The molecule has 1 N–H and O–H groups in total. The van der Waals surface area contributed by atoms with E-state index in [0.717, 1.165) is 6.42 Å². The van der Waals surface area contributed by atoms with Gasteiger partial charge in [-0.2, -0.15) is 0 Å². The molecule has 0 saturated heterocycles. The molecule has 25 heavy (non-hydrogen) atoms. The van der Waals surface area contributed by atoms with Crippen LogP contribution < -0.4 is 5.32 Å². The lowest BCUT2D eigenvalue weighted by atomic mass is 10.1. The number of nitrogens with zero attached hydrogens (tertiary/aromatic N) is 1. The number of amides is 2. The highest BCUT2D eigenvalue weighted by molar-refractivity contribution is 5.78. The highest BCUT2D eigenvalue weighted by atomic mass is 19.1. The van der Waals surface area contributed by atoms with Crippen molar-refractivity contribution in [3.8, 4) is 0 Å². The molecule has 132 valence electrons. The van der Waals surface area contributed by atoms with Gasteiger partial charge in [-0.1, -0.05) is 42.5 Å². The molecule has 0 radical (unpaired) electrons. The molecule has 0 unspecified atom stereocenters. The Morgan fingerprint density at radius 2 is 1.72 bits per heavy atom. The van der Waals surface area contributed by atoms with E-state index in [1.165, 1.54) is 24.6 Å². The van der Waals surface area contributed by atoms with E-state index in [4.69, 9.17) is 0 Å². The van der Waals surface area contributed by atoms with Gasteiger partial charge < -0.3 is 10.2 Å². The molecule has 0 fully saturated rings. The van der Waals surface area contributed by atoms with Gasteiger partial charge in [-0.3, -0.25) is 9.59 Å². The smallest absolute Gasteiger partial charge is 0.224 e. The number of hydrogen-bond acceptors (Lipinski definition) is 2. The predicted molar refractivity (Wildman–Crippen MR) is 95.5 cm³/mol. The molecule has 0 aliphatic rings. The first kappa shape index (κ1) is 18.6. The maximum absolute atomic E-state index is 13.1. The van der Waals surface area contributed by atoms with Crippen molar-refractivity contribution >= 4 is 11.8 Å². The second kappa shape index (κ2) is 9.57. The molecular weight excluding hydrogens is 319 g/mol. The fraction of sp³-hybridized carbons (Fsp3) is 0.300. The summed E-state index contributed by atoms with van der Waals surface area (Å²) in [6.07, 6.45) is 0.902. The van der Waals surface area contributed by atoms with Crippen molar-refractivity contribution in [3.05, 3.63) is 71.5 Å². The van der Waals surface area contributed by atoms with Crippen molar-refractivity contribution < 1.29 is 14.0 Å². The van der Waals surface area contributed by atoms with E-state index in [9.17, 15) is 14.0 Å². The fourth-order valence-electron chi connectivity index (χ4n) is 2.56. The van der Waals surface area contributed by atoms with Crippen LogP contribution in [-0.4, -0.2) is 36.3 Å². The topological polar surface area (TPSA) is 49.4 Å². The van der Waals surface area contributed by atoms with Crippen LogP contribution >= 0.6 is 0 Å². The first-order valence-corrected chi connectivity index (χ1v) is 8.35. The Balaban J connectivity index is 1.75. The largest absolute Gasteiger partial charge is 0.354 e. The van der Waals surface area contributed by atoms with Gasteiger partial charge in [0.05, 0.1) is 6.42 Å². The Morgan fingerprint density at radius 3 is 2.40 bits per heavy atom. The van der Waals surface area contributed by atoms with Gasteiger partial charge in [0.2, 0.25) is 11.8 Å². The van der Waals surface area contributed by atoms with Crippen LogP contribution in [0.5, 0.6) is 0 Å². The number of carbonyl (C=O) groups is 2. The summed E-state index contributed by atoms with van der Waals surface area (Å²) >= 11 is 0. The number of nitrogens with one attached hydrogen (secondary N) is 1. The van der Waals surface area contributed by atoms with Gasteiger partial charge in [0.15, 0.2) is 0 Å². The van der Waals surface area contributed by atoms with Gasteiger partial charge in [-0.25, -0.2) is 4.39 Å². The summed E-state index contributed by atoms with van der Waals surface area (Å²) in [5, 5.41) is 2.78. The van der Waals surface area contributed by atoms with E-state index in [0.29, 0.717) is 25.2 Å². The molecule has 0 bridgehead atoms. The second-order valence-corrected chi connectivity index (χ2v) is 5.90. The van der Waals surface area contributed by atoms with Gasteiger partial charge in [0, 0.05) is 26.6 Å². The van der Waals surface area contributed by atoms with Crippen LogP contribution in [0.2, 0.25) is 0 Å². The Hall–Kier alpha value is -2.69. The summed E-state index contributed by atoms with van der Waals surface area (Å²) in [7, 11) is 0. The normalized spacial score (nSPS) is 10.3. The summed E-state index contributed by atoms with van der Waals surface area (Å²) in [6, 6.07) is 15.9. The lowest BCUT2D eigenvalue weighted by Gasteiger charge is -2.21. The zero-order valence-electron chi connectivity index (χ0n) is 14.4. The number of carbonyl (C=O) groups excluding carboxylic acids is 2. The van der Waals surface area contributed by atoms with E-state index in [-0.39, 0.29) is 24.1 Å². The first-order chi connectivity index (χ1) is 12.0. The van der Waals surface area contributed by atoms with Gasteiger partial charge in [0.1, 0.15) is 5.82 Å². The quantitative estimate of drug-likeness (QED) is 0.802. The molecule has 4 nitrogen and oxygen atoms in total. The number of benzene rings is 2. The highest BCUT2D eigenvalue weighted by Crippen LogP contribution is 2.04. The van der Waals surface area contributed by atoms with Gasteiger partial charge in [-0.15, -0.1) is 0 Å². The van der Waals surface area contributed by atoms with E-state index >= 15 is 0 Å². The lowest BCUT2D eigenvalue weighted by Crippen LogP contribution is -2.39. The van der Waals surface area contributed by atoms with Crippen molar-refractivity contribution in [3.63, 3.8) is 0 Å². The summed E-state index contributed by atoms with van der Waals surface area (Å²) in [6.45, 7) is 2.97. The van der Waals surface area contributed by atoms with Crippen LogP contribution in [0.15, 0.2) is 54.6 Å². The first-order valence-electron chi connectivity index (χ1n) is 8.35. The standard InChI is InChI=1S/C20H23FN2O2/c1-16(24)23(12-10-17-6-3-2-4-7-17)13-11-22-20(25)15-18-8-5-9-19(21)14-18/h2-9,14H,10-13,15H2,1H3,(H,22,25). The zero-order valence-corrected chi connectivity index (χ0v) is 14.4. The molecule has 0 aromatic heterocycles. The van der Waals surface area contributed by atoms with Gasteiger partial charge in [-0.05, 0) is 29.7 Å². The molecule has 0 aliphatic carbocycles. The molecule has 2 aromatic carbocycles. The Labute approximate surface area is 147 Å². The minimum atomic E-state index is -0.353. The molecule has 5 heteroatoms. The Bertz CT molecular complexity index is 704. The molecule has 0 atom stereocenters. The molecule has 2 amide bonds. The van der Waals surface area contributed by atoms with Gasteiger partial charge in [0.25, 0.3) is 0 Å². The average Bonchev–Trinajstić information content (AvgIpc) is 2.58. The third-order valence-corrected chi connectivity index (χ3v) is 3.92. The maximum atomic E-state index is 13.1. The summed E-state index contributed by atoms with van der Waals surface area (Å²) < 4.78 is 13.1. The zero-order chi connectivity index (χ0) is 18.1. The molecule has 0 heterocycles. The van der Waals surface area contributed by atoms with Gasteiger partial charge >= 0.3 is 0 Å². The van der Waals surface area contributed by atoms with Crippen molar-refractivity contribution in [1.29, 1.82) is 0 Å². The molecule has 0 saturated carbocycles. The average molecular weight is 342 g/mol. The van der Waals surface area contributed by atoms with Crippen LogP contribution in [0.4, 0.5) is 4.39 Å². The van der Waals surface area contributed by atoms with E-state index in [1.54, 1.807) is 17.0 Å². The highest BCUT2D eigenvalue weighted by Gasteiger charge is 2.10. The fourth-order valence-corrected chi connectivity index (χ4v) is 2.56. The molecule has 2 rings (SSSR count). The van der Waals surface area contributed by atoms with Crippen molar-refractivity contribution in [2.45, 2.75) is 19.8 Å². The second-order valence-electron chi connectivity index (χ2n) is 5.90. The minimum absolute atomic E-state index is 0.0182. The van der Waals surface area contributed by atoms with Crippen LogP contribution in [0.25, 0.3) is 0 Å². The van der Waals surface area contributed by atoms with Crippen molar-refractivity contribution in [2.24, 2.45) is 0 Å². The third-order valence-electron chi connectivity index (χ3n) is 3.92. The Morgan fingerprint density at radius 1 is 1.00 bits per heavy atom. The molecule has 2 aromatic rings. The van der Waals surface area contributed by atoms with E-state index < -0.39 is 0 Å². The molecular formula is C20H23FN2O2. The molecule has 0 aliphatic heterocycles.